The average Bonchev–Trinajstić information content (AvgIpc) is 2.69. The van der Waals surface area contributed by atoms with Gasteiger partial charge in [-0.05, 0) is 18.6 Å². The van der Waals surface area contributed by atoms with E-state index < -0.39 is 6.10 Å². The second kappa shape index (κ2) is 7.01. The van der Waals surface area contributed by atoms with Crippen LogP contribution in [-0.4, -0.2) is 56.2 Å². The van der Waals surface area contributed by atoms with Crippen LogP contribution in [-0.2, 0) is 0 Å². The van der Waals surface area contributed by atoms with Crippen molar-refractivity contribution in [1.29, 1.82) is 0 Å². The third kappa shape index (κ3) is 3.31. The number of fused-ring (bicyclic) bond motifs is 1. The Morgan fingerprint density at radius 2 is 2.00 bits per heavy atom. The molecule has 0 bridgehead atoms. The van der Waals surface area contributed by atoms with E-state index in [-0.39, 0.29) is 17.6 Å². The number of amides is 1. The number of aliphatic hydroxyl groups is 1. The number of nitrogens with zero attached hydrogens (tertiary/aromatic N) is 5. The van der Waals surface area contributed by atoms with E-state index in [2.05, 4.69) is 25.3 Å². The summed E-state index contributed by atoms with van der Waals surface area (Å²) >= 11 is 0. The molecule has 2 N–H and O–H groups in total. The number of aromatic nitrogens is 4. The largest absolute Gasteiger partial charge is 0.389 e. The van der Waals surface area contributed by atoms with Gasteiger partial charge in [0.05, 0.1) is 35.6 Å². The lowest BCUT2D eigenvalue weighted by Crippen LogP contribution is -2.54. The summed E-state index contributed by atoms with van der Waals surface area (Å²) < 4.78 is 0. The number of carbonyl (C=O) groups is 1. The van der Waals surface area contributed by atoms with Crippen LogP contribution < -0.4 is 10.2 Å². The maximum Gasteiger partial charge on any atom is 0.271 e. The van der Waals surface area contributed by atoms with Gasteiger partial charge < -0.3 is 15.3 Å². The minimum Gasteiger partial charge on any atom is -0.389 e. The maximum atomic E-state index is 12.2. The highest BCUT2D eigenvalue weighted by Crippen LogP contribution is 2.20. The SMILES string of the molecule is O=C(N[C@@H]1CCN(c2cnc3ccccc3n2)C[C@H]1O)c1cnccn1. The number of benzene rings is 1. The molecule has 3 aromatic rings. The summed E-state index contributed by atoms with van der Waals surface area (Å²) in [5.41, 5.74) is 1.89. The molecular weight excluding hydrogens is 332 g/mol. The molecular formula is C18H18N6O2. The van der Waals surface area contributed by atoms with E-state index >= 15 is 0 Å². The van der Waals surface area contributed by atoms with Crippen molar-refractivity contribution >= 4 is 22.8 Å². The van der Waals surface area contributed by atoms with Crippen molar-refractivity contribution in [1.82, 2.24) is 25.3 Å². The van der Waals surface area contributed by atoms with Gasteiger partial charge in [0.15, 0.2) is 0 Å². The lowest BCUT2D eigenvalue weighted by atomic mass is 10.0. The molecule has 26 heavy (non-hydrogen) atoms. The normalized spacial score (nSPS) is 20.1. The number of nitrogens with one attached hydrogen (secondary N) is 1. The lowest BCUT2D eigenvalue weighted by molar-refractivity contribution is 0.0793. The van der Waals surface area contributed by atoms with Gasteiger partial charge in [-0.15, -0.1) is 0 Å². The minimum absolute atomic E-state index is 0.238. The van der Waals surface area contributed by atoms with Crippen LogP contribution in [0.4, 0.5) is 5.82 Å². The Morgan fingerprint density at radius 1 is 1.15 bits per heavy atom. The summed E-state index contributed by atoms with van der Waals surface area (Å²) in [6.45, 7) is 1.04. The van der Waals surface area contributed by atoms with Gasteiger partial charge in [0.2, 0.25) is 0 Å². The Kier molecular flexibility index (Phi) is 4.40. The van der Waals surface area contributed by atoms with E-state index in [1.807, 2.05) is 29.2 Å². The minimum atomic E-state index is -0.711. The molecule has 2 atom stereocenters. The first kappa shape index (κ1) is 16.3. The number of β-amino-alcohol motifs (C(OH)–C–C–N with tert-alkyl or cyclic N) is 1. The van der Waals surface area contributed by atoms with E-state index in [1.165, 1.54) is 18.6 Å². The van der Waals surface area contributed by atoms with E-state index in [4.69, 9.17) is 0 Å². The Labute approximate surface area is 149 Å². The summed E-state index contributed by atoms with van der Waals surface area (Å²) in [4.78, 5) is 31.1. The number of rotatable bonds is 3. The van der Waals surface area contributed by atoms with Crippen LogP contribution in [0.2, 0.25) is 0 Å². The Morgan fingerprint density at radius 3 is 2.77 bits per heavy atom. The monoisotopic (exact) mass is 350 g/mol. The Balaban J connectivity index is 1.43. The molecule has 0 unspecified atom stereocenters. The molecule has 1 aromatic carbocycles. The highest BCUT2D eigenvalue weighted by molar-refractivity contribution is 5.92. The molecule has 0 spiro atoms. The van der Waals surface area contributed by atoms with Gasteiger partial charge in [0.25, 0.3) is 5.91 Å². The highest BCUT2D eigenvalue weighted by atomic mass is 16.3. The molecule has 132 valence electrons. The number of para-hydroxylation sites is 2. The molecule has 1 saturated heterocycles. The van der Waals surface area contributed by atoms with E-state index in [1.54, 1.807) is 6.20 Å². The van der Waals surface area contributed by atoms with E-state index in [0.717, 1.165) is 16.9 Å². The van der Waals surface area contributed by atoms with Gasteiger partial charge in [0.1, 0.15) is 11.5 Å². The van der Waals surface area contributed by atoms with Crippen molar-refractivity contribution in [2.45, 2.75) is 18.6 Å². The van der Waals surface area contributed by atoms with Crippen LogP contribution in [0.15, 0.2) is 49.1 Å². The van der Waals surface area contributed by atoms with Crippen molar-refractivity contribution < 1.29 is 9.90 Å². The number of piperidine rings is 1. The van der Waals surface area contributed by atoms with Crippen molar-refractivity contribution in [3.8, 4) is 0 Å². The molecule has 8 heteroatoms. The highest BCUT2D eigenvalue weighted by Gasteiger charge is 2.30. The third-order valence-corrected chi connectivity index (χ3v) is 4.45. The molecule has 1 amide bonds. The van der Waals surface area contributed by atoms with Crippen LogP contribution in [0.5, 0.6) is 0 Å². The van der Waals surface area contributed by atoms with Crippen LogP contribution >= 0.6 is 0 Å². The van der Waals surface area contributed by atoms with Crippen LogP contribution in [0.25, 0.3) is 11.0 Å². The molecule has 1 aliphatic rings. The van der Waals surface area contributed by atoms with Gasteiger partial charge in [-0.25, -0.2) is 9.97 Å². The summed E-state index contributed by atoms with van der Waals surface area (Å²) in [7, 11) is 0. The molecule has 4 rings (SSSR count). The standard InChI is InChI=1S/C18H18N6O2/c25-16-11-24(17-10-21-12-3-1-2-4-13(12)22-17)8-5-14(16)23-18(26)15-9-19-6-7-20-15/h1-4,6-7,9-10,14,16,25H,5,8,11H2,(H,23,26)/t14-,16-/m1/s1. The first-order valence-corrected chi connectivity index (χ1v) is 8.42. The van der Waals surface area contributed by atoms with Gasteiger partial charge >= 0.3 is 0 Å². The van der Waals surface area contributed by atoms with Crippen molar-refractivity contribution in [3.63, 3.8) is 0 Å². The van der Waals surface area contributed by atoms with Crippen LogP contribution in [0.3, 0.4) is 0 Å². The zero-order chi connectivity index (χ0) is 17.9. The second-order valence-electron chi connectivity index (χ2n) is 6.19. The average molecular weight is 350 g/mol. The topological polar surface area (TPSA) is 104 Å². The third-order valence-electron chi connectivity index (χ3n) is 4.45. The fourth-order valence-corrected chi connectivity index (χ4v) is 3.07. The number of aliphatic hydroxyl groups excluding tert-OH is 1. The Hall–Kier alpha value is -3.13. The first-order chi connectivity index (χ1) is 12.7. The van der Waals surface area contributed by atoms with Gasteiger partial charge in [-0.2, -0.15) is 0 Å². The predicted molar refractivity (Wildman–Crippen MR) is 95.7 cm³/mol. The summed E-state index contributed by atoms with van der Waals surface area (Å²) in [6.07, 6.45) is 5.98. The van der Waals surface area contributed by atoms with E-state index in [9.17, 15) is 9.90 Å². The quantitative estimate of drug-likeness (QED) is 0.719. The summed E-state index contributed by atoms with van der Waals surface area (Å²) in [5, 5.41) is 13.3. The molecule has 1 aliphatic heterocycles. The lowest BCUT2D eigenvalue weighted by Gasteiger charge is -2.36. The molecule has 2 aromatic heterocycles. The molecule has 3 heterocycles. The number of hydrogen-bond acceptors (Lipinski definition) is 7. The molecule has 0 radical (unpaired) electrons. The number of carbonyl (C=O) groups excluding carboxylic acids is 1. The van der Waals surface area contributed by atoms with Gasteiger partial charge in [0, 0.05) is 25.5 Å². The Bertz CT molecular complexity index is 920. The molecule has 0 aliphatic carbocycles. The second-order valence-corrected chi connectivity index (χ2v) is 6.19. The zero-order valence-corrected chi connectivity index (χ0v) is 14.0. The predicted octanol–water partition coefficient (Wildman–Crippen LogP) is 0.789. The van der Waals surface area contributed by atoms with Crippen LogP contribution in [0.1, 0.15) is 16.9 Å². The molecule has 0 saturated carbocycles. The maximum absolute atomic E-state index is 12.2. The first-order valence-electron chi connectivity index (χ1n) is 8.42. The smallest absolute Gasteiger partial charge is 0.271 e. The van der Waals surface area contributed by atoms with Crippen LogP contribution in [0, 0.1) is 0 Å². The number of hydrogen-bond donors (Lipinski definition) is 2. The van der Waals surface area contributed by atoms with E-state index in [0.29, 0.717) is 19.5 Å². The van der Waals surface area contributed by atoms with Gasteiger partial charge in [-0.1, -0.05) is 12.1 Å². The van der Waals surface area contributed by atoms with Crippen molar-refractivity contribution in [2.24, 2.45) is 0 Å². The zero-order valence-electron chi connectivity index (χ0n) is 14.0. The fraction of sp³-hybridized carbons (Fsp3) is 0.278. The summed E-state index contributed by atoms with van der Waals surface area (Å²) in [6, 6.07) is 7.33. The molecule has 1 fully saturated rings. The fourth-order valence-electron chi connectivity index (χ4n) is 3.07. The van der Waals surface area contributed by atoms with Crippen molar-refractivity contribution in [3.05, 3.63) is 54.7 Å². The van der Waals surface area contributed by atoms with Crippen molar-refractivity contribution in [2.75, 3.05) is 18.0 Å². The molecule has 8 nitrogen and oxygen atoms in total. The summed E-state index contributed by atoms with van der Waals surface area (Å²) in [5.74, 6) is 0.391. The number of anilines is 1. The van der Waals surface area contributed by atoms with Gasteiger partial charge in [-0.3, -0.25) is 14.8 Å².